The van der Waals surface area contributed by atoms with Crippen LogP contribution in [0.25, 0.3) is 17.3 Å². The molecule has 0 radical (unpaired) electrons. The van der Waals surface area contributed by atoms with E-state index in [0.29, 0.717) is 23.3 Å². The molecule has 30 heavy (non-hydrogen) atoms. The first-order valence-corrected chi connectivity index (χ1v) is 10.6. The van der Waals surface area contributed by atoms with Gasteiger partial charge in [-0.1, -0.05) is 30.0 Å². The molecule has 4 rings (SSSR count). The van der Waals surface area contributed by atoms with E-state index in [1.807, 2.05) is 72.5 Å². The number of amides is 1. The number of carbonyl (C=O) groups is 1. The third kappa shape index (κ3) is 3.88. The Morgan fingerprint density at radius 2 is 1.93 bits per heavy atom. The smallest absolute Gasteiger partial charge is 0.234 e. The maximum Gasteiger partial charge on any atom is 0.234 e. The van der Waals surface area contributed by atoms with Crippen LogP contribution in [0.3, 0.4) is 0 Å². The van der Waals surface area contributed by atoms with Crippen molar-refractivity contribution in [2.24, 2.45) is 0 Å². The summed E-state index contributed by atoms with van der Waals surface area (Å²) in [5.74, 6) is 1.40. The normalized spacial score (nSPS) is 11.0. The fourth-order valence-electron chi connectivity index (χ4n) is 3.22. The van der Waals surface area contributed by atoms with Gasteiger partial charge in [0, 0.05) is 6.54 Å². The predicted octanol–water partition coefficient (Wildman–Crippen LogP) is 4.09. The highest BCUT2D eigenvalue weighted by atomic mass is 32.2. The highest BCUT2D eigenvalue weighted by Crippen LogP contribution is 2.26. The summed E-state index contributed by atoms with van der Waals surface area (Å²) < 4.78 is 9.19. The summed E-state index contributed by atoms with van der Waals surface area (Å²) >= 11 is 1.34. The molecular weight excluding hydrogens is 400 g/mol. The van der Waals surface area contributed by atoms with Crippen molar-refractivity contribution < 1.29 is 9.21 Å². The number of carbonyl (C=O) groups excluding carboxylic acids is 1. The van der Waals surface area contributed by atoms with Gasteiger partial charge < -0.3 is 9.73 Å². The molecule has 1 amide bonds. The lowest BCUT2D eigenvalue weighted by molar-refractivity contribution is -0.113. The van der Waals surface area contributed by atoms with Crippen LogP contribution >= 0.6 is 11.8 Å². The third-order valence-electron chi connectivity index (χ3n) is 4.66. The van der Waals surface area contributed by atoms with Crippen LogP contribution in [0.15, 0.2) is 58.3 Å². The van der Waals surface area contributed by atoms with Gasteiger partial charge in [0.1, 0.15) is 0 Å². The lowest BCUT2D eigenvalue weighted by atomic mass is 10.3. The summed E-state index contributed by atoms with van der Waals surface area (Å²) in [7, 11) is 0. The largest absolute Gasteiger partial charge is 0.461 e. The van der Waals surface area contributed by atoms with Gasteiger partial charge in [0.25, 0.3) is 0 Å². The lowest BCUT2D eigenvalue weighted by Gasteiger charge is -2.08. The third-order valence-corrected chi connectivity index (χ3v) is 5.63. The maximum absolute atomic E-state index is 12.6. The number of aromatic nitrogens is 5. The molecule has 0 unspecified atom stereocenters. The molecule has 3 aromatic heterocycles. The highest BCUT2D eigenvalue weighted by Gasteiger charge is 2.18. The fraction of sp³-hybridized carbons (Fsp3) is 0.238. The van der Waals surface area contributed by atoms with Gasteiger partial charge in [-0.05, 0) is 45.0 Å². The van der Waals surface area contributed by atoms with E-state index in [-0.39, 0.29) is 11.7 Å². The average Bonchev–Trinajstić information content (AvgIpc) is 3.48. The van der Waals surface area contributed by atoms with Gasteiger partial charge in [-0.25, -0.2) is 4.68 Å². The first kappa shape index (κ1) is 20.0. The van der Waals surface area contributed by atoms with Gasteiger partial charge in [-0.2, -0.15) is 5.10 Å². The van der Waals surface area contributed by atoms with E-state index >= 15 is 0 Å². The van der Waals surface area contributed by atoms with Crippen molar-refractivity contribution in [1.29, 1.82) is 0 Å². The van der Waals surface area contributed by atoms with E-state index in [1.165, 1.54) is 11.8 Å². The van der Waals surface area contributed by atoms with E-state index in [1.54, 1.807) is 6.26 Å². The van der Waals surface area contributed by atoms with Gasteiger partial charge in [-0.3, -0.25) is 9.36 Å². The van der Waals surface area contributed by atoms with E-state index in [4.69, 9.17) is 4.42 Å². The van der Waals surface area contributed by atoms with Crippen LogP contribution in [0.1, 0.15) is 18.3 Å². The number of anilines is 1. The fourth-order valence-corrected chi connectivity index (χ4v) is 4.02. The zero-order chi connectivity index (χ0) is 21.1. The second-order valence-corrected chi connectivity index (χ2v) is 7.60. The summed E-state index contributed by atoms with van der Waals surface area (Å²) in [5.41, 5.74) is 3.34. The molecule has 8 nitrogen and oxygen atoms in total. The van der Waals surface area contributed by atoms with Crippen molar-refractivity contribution in [2.75, 3.05) is 11.1 Å². The monoisotopic (exact) mass is 422 g/mol. The first-order valence-electron chi connectivity index (χ1n) is 9.59. The zero-order valence-corrected chi connectivity index (χ0v) is 17.8. The average molecular weight is 423 g/mol. The Balaban J connectivity index is 1.46. The molecular formula is C21H22N6O2S. The lowest BCUT2D eigenvalue weighted by Crippen LogP contribution is -2.16. The molecule has 154 valence electrons. The molecule has 0 aliphatic rings. The Bertz CT molecular complexity index is 1150. The number of hydrogen-bond acceptors (Lipinski definition) is 6. The Labute approximate surface area is 178 Å². The summed E-state index contributed by atoms with van der Waals surface area (Å²) in [5, 5.41) is 16.7. The molecule has 0 bridgehead atoms. The number of rotatable bonds is 7. The van der Waals surface area contributed by atoms with Crippen LogP contribution in [0.2, 0.25) is 0 Å². The quantitative estimate of drug-likeness (QED) is 0.451. The molecule has 9 heteroatoms. The van der Waals surface area contributed by atoms with E-state index in [0.717, 1.165) is 22.8 Å². The van der Waals surface area contributed by atoms with E-state index in [2.05, 4.69) is 20.6 Å². The molecule has 0 aliphatic heterocycles. The van der Waals surface area contributed by atoms with Gasteiger partial charge in [0.05, 0.1) is 34.8 Å². The molecule has 0 fully saturated rings. The number of nitrogens with one attached hydrogen (secondary N) is 1. The zero-order valence-electron chi connectivity index (χ0n) is 17.0. The van der Waals surface area contributed by atoms with Gasteiger partial charge in [-0.15, -0.1) is 10.2 Å². The number of furan rings is 1. The number of hydrogen-bond donors (Lipinski definition) is 1. The first-order chi connectivity index (χ1) is 14.6. The second kappa shape index (κ2) is 8.58. The van der Waals surface area contributed by atoms with Crippen LogP contribution < -0.4 is 5.32 Å². The van der Waals surface area contributed by atoms with Gasteiger partial charge in [0.15, 0.2) is 16.7 Å². The molecule has 0 aliphatic carbocycles. The summed E-state index contributed by atoms with van der Waals surface area (Å²) in [6, 6.07) is 13.5. The van der Waals surface area contributed by atoms with Crippen molar-refractivity contribution in [3.05, 3.63) is 60.1 Å². The van der Waals surface area contributed by atoms with Gasteiger partial charge >= 0.3 is 0 Å². The Morgan fingerprint density at radius 3 is 2.63 bits per heavy atom. The van der Waals surface area contributed by atoms with Crippen molar-refractivity contribution >= 4 is 23.4 Å². The Hall–Kier alpha value is -3.33. The number of nitrogens with zero attached hydrogens (tertiary/aromatic N) is 5. The number of thioether (sulfide) groups is 1. The minimum Gasteiger partial charge on any atom is -0.461 e. The maximum atomic E-state index is 12.6. The number of benzene rings is 1. The van der Waals surface area contributed by atoms with Crippen molar-refractivity contribution in [2.45, 2.75) is 32.5 Å². The standard InChI is InChI=1S/C21H22N6O2S/c1-4-26-20(17-11-8-12-29-17)23-24-21(26)30-13-18(28)22-19-14(2)25-27(15(19)3)16-9-6-5-7-10-16/h5-12H,4,13H2,1-3H3,(H,22,28). The minimum atomic E-state index is -0.121. The Kier molecular flexibility index (Phi) is 5.71. The number of para-hydroxylation sites is 1. The second-order valence-electron chi connectivity index (χ2n) is 6.66. The molecule has 0 atom stereocenters. The van der Waals surface area contributed by atoms with E-state index < -0.39 is 0 Å². The Morgan fingerprint density at radius 1 is 1.13 bits per heavy atom. The van der Waals surface area contributed by atoms with Crippen LogP contribution in [-0.2, 0) is 11.3 Å². The van der Waals surface area contributed by atoms with Crippen LogP contribution in [-0.4, -0.2) is 36.2 Å². The topological polar surface area (TPSA) is 90.8 Å². The van der Waals surface area contributed by atoms with Crippen molar-refractivity contribution in [3.63, 3.8) is 0 Å². The minimum absolute atomic E-state index is 0.121. The highest BCUT2D eigenvalue weighted by molar-refractivity contribution is 7.99. The molecule has 3 heterocycles. The molecule has 4 aromatic rings. The molecule has 1 aromatic carbocycles. The molecule has 0 spiro atoms. The summed E-state index contributed by atoms with van der Waals surface area (Å²) in [4.78, 5) is 12.6. The van der Waals surface area contributed by atoms with E-state index in [9.17, 15) is 4.79 Å². The van der Waals surface area contributed by atoms with Crippen LogP contribution in [0.4, 0.5) is 5.69 Å². The summed E-state index contributed by atoms with van der Waals surface area (Å²) in [6.45, 7) is 6.51. The molecule has 0 saturated heterocycles. The predicted molar refractivity (Wildman–Crippen MR) is 116 cm³/mol. The van der Waals surface area contributed by atoms with Crippen LogP contribution in [0.5, 0.6) is 0 Å². The molecule has 0 saturated carbocycles. The van der Waals surface area contributed by atoms with Gasteiger partial charge in [0.2, 0.25) is 5.91 Å². The molecule has 1 N–H and O–H groups in total. The van der Waals surface area contributed by atoms with Crippen molar-refractivity contribution in [3.8, 4) is 17.3 Å². The van der Waals surface area contributed by atoms with Crippen LogP contribution in [0, 0.1) is 13.8 Å². The SMILES string of the molecule is CCn1c(SCC(=O)Nc2c(C)nn(-c3ccccc3)c2C)nnc1-c1ccco1. The summed E-state index contributed by atoms with van der Waals surface area (Å²) in [6.07, 6.45) is 1.60. The van der Waals surface area contributed by atoms with Crippen molar-refractivity contribution in [1.82, 2.24) is 24.5 Å². The number of aryl methyl sites for hydroxylation is 1.